The molecule has 2 aromatic rings. The summed E-state index contributed by atoms with van der Waals surface area (Å²) in [6.45, 7) is -2.94. The number of alkyl halides is 5. The molecule has 0 amide bonds. The van der Waals surface area contributed by atoms with Crippen LogP contribution in [0, 0.1) is 0 Å². The van der Waals surface area contributed by atoms with Gasteiger partial charge in [0.05, 0.1) is 38.1 Å². The normalized spacial score (nSPS) is 18.7. The average Bonchev–Trinajstić information content (AvgIpc) is 3.14. The van der Waals surface area contributed by atoms with E-state index in [1.807, 2.05) is 0 Å². The van der Waals surface area contributed by atoms with Gasteiger partial charge in [-0.25, -0.2) is 9.78 Å². The molecule has 1 saturated heterocycles. The van der Waals surface area contributed by atoms with Gasteiger partial charge in [-0.05, 0) is 30.3 Å². The van der Waals surface area contributed by atoms with Gasteiger partial charge in [0, 0.05) is 18.2 Å². The number of carbonyl (C=O) groups excluding carboxylic acids is 1. The molecule has 12 heteroatoms. The number of hydrogen-bond acceptors (Lipinski definition) is 7. The molecular weight excluding hydrogens is 443 g/mol. The van der Waals surface area contributed by atoms with Gasteiger partial charge in [0.2, 0.25) is 5.88 Å². The third kappa shape index (κ3) is 6.42. The van der Waals surface area contributed by atoms with Crippen molar-refractivity contribution in [2.45, 2.75) is 31.5 Å². The SMILES string of the molecule is COC(=O)c1ccc(N2C[C@@H](Oc3ccc(OC(F)(F)F)cn3)C[C@H]2COC(F)F)cc1. The maximum absolute atomic E-state index is 12.6. The molecule has 2 atom stereocenters. The number of anilines is 1. The van der Waals surface area contributed by atoms with Crippen molar-refractivity contribution >= 4 is 11.7 Å². The maximum Gasteiger partial charge on any atom is 0.573 e. The first-order chi connectivity index (χ1) is 15.1. The van der Waals surface area contributed by atoms with Crippen LogP contribution in [0.25, 0.3) is 0 Å². The number of benzene rings is 1. The van der Waals surface area contributed by atoms with Crippen LogP contribution in [0.4, 0.5) is 27.6 Å². The van der Waals surface area contributed by atoms with Gasteiger partial charge in [0.15, 0.2) is 0 Å². The monoisotopic (exact) mass is 462 g/mol. The molecule has 3 rings (SSSR count). The Kier molecular flexibility index (Phi) is 7.33. The van der Waals surface area contributed by atoms with Gasteiger partial charge in [0.25, 0.3) is 0 Å². The molecule has 0 bridgehead atoms. The third-order valence-electron chi connectivity index (χ3n) is 4.64. The van der Waals surface area contributed by atoms with Crippen molar-refractivity contribution in [1.29, 1.82) is 0 Å². The van der Waals surface area contributed by atoms with Gasteiger partial charge in [-0.1, -0.05) is 0 Å². The van der Waals surface area contributed by atoms with Gasteiger partial charge < -0.3 is 23.8 Å². The van der Waals surface area contributed by atoms with Crippen LogP contribution in [0.15, 0.2) is 42.6 Å². The number of carbonyl (C=O) groups is 1. The van der Waals surface area contributed by atoms with E-state index >= 15 is 0 Å². The molecule has 32 heavy (non-hydrogen) atoms. The lowest BCUT2D eigenvalue weighted by molar-refractivity contribution is -0.274. The van der Waals surface area contributed by atoms with Crippen molar-refractivity contribution < 1.29 is 45.7 Å². The highest BCUT2D eigenvalue weighted by molar-refractivity contribution is 5.89. The number of halogens is 5. The molecule has 1 aromatic carbocycles. The predicted molar refractivity (Wildman–Crippen MR) is 101 cm³/mol. The van der Waals surface area contributed by atoms with Crippen LogP contribution in [0.1, 0.15) is 16.8 Å². The van der Waals surface area contributed by atoms with E-state index in [0.717, 1.165) is 12.3 Å². The smallest absolute Gasteiger partial charge is 0.472 e. The minimum absolute atomic E-state index is 0.0564. The Hall–Kier alpha value is -3.15. The molecule has 1 fully saturated rings. The Morgan fingerprint density at radius 3 is 2.47 bits per heavy atom. The minimum atomic E-state index is -4.84. The van der Waals surface area contributed by atoms with Crippen LogP contribution in [0.5, 0.6) is 11.6 Å². The fourth-order valence-corrected chi connectivity index (χ4v) is 3.33. The fourth-order valence-electron chi connectivity index (χ4n) is 3.33. The van der Waals surface area contributed by atoms with Crippen LogP contribution in [-0.4, -0.2) is 56.3 Å². The molecular formula is C20H19F5N2O5. The number of hydrogen-bond donors (Lipinski definition) is 0. The largest absolute Gasteiger partial charge is 0.573 e. The first-order valence-corrected chi connectivity index (χ1v) is 9.38. The second kappa shape index (κ2) is 9.98. The maximum atomic E-state index is 12.6. The van der Waals surface area contributed by atoms with Crippen molar-refractivity contribution in [2.75, 3.05) is 25.2 Å². The summed E-state index contributed by atoms with van der Waals surface area (Å²) in [6.07, 6.45) is -4.16. The molecule has 0 N–H and O–H groups in total. The molecule has 1 aromatic heterocycles. The van der Waals surface area contributed by atoms with Crippen LogP contribution < -0.4 is 14.4 Å². The molecule has 7 nitrogen and oxygen atoms in total. The Morgan fingerprint density at radius 2 is 1.91 bits per heavy atom. The first-order valence-electron chi connectivity index (χ1n) is 9.38. The number of pyridine rings is 1. The molecule has 1 aliphatic heterocycles. The second-order valence-electron chi connectivity index (χ2n) is 6.79. The predicted octanol–water partition coefficient (Wildman–Crippen LogP) is 4.03. The number of ether oxygens (including phenoxy) is 4. The van der Waals surface area contributed by atoms with Crippen LogP contribution >= 0.6 is 0 Å². The number of nitrogens with zero attached hydrogens (tertiary/aromatic N) is 2. The highest BCUT2D eigenvalue weighted by atomic mass is 19.4. The van der Waals surface area contributed by atoms with Crippen molar-refractivity contribution in [3.05, 3.63) is 48.2 Å². The van der Waals surface area contributed by atoms with Gasteiger partial charge in [-0.3, -0.25) is 0 Å². The summed E-state index contributed by atoms with van der Waals surface area (Å²) in [5, 5.41) is 0. The third-order valence-corrected chi connectivity index (χ3v) is 4.64. The van der Waals surface area contributed by atoms with Gasteiger partial charge in [-0.15, -0.1) is 13.2 Å². The summed E-state index contributed by atoms with van der Waals surface area (Å²) in [5.74, 6) is -0.950. The molecule has 0 spiro atoms. The van der Waals surface area contributed by atoms with E-state index in [-0.39, 0.29) is 19.0 Å². The zero-order valence-electron chi connectivity index (χ0n) is 16.7. The van der Waals surface area contributed by atoms with E-state index in [0.29, 0.717) is 17.7 Å². The van der Waals surface area contributed by atoms with Crippen LogP contribution in [0.2, 0.25) is 0 Å². The Labute approximate surface area is 179 Å². The van der Waals surface area contributed by atoms with E-state index in [1.54, 1.807) is 29.2 Å². The van der Waals surface area contributed by atoms with Crippen LogP contribution in [-0.2, 0) is 9.47 Å². The summed E-state index contributed by atoms with van der Waals surface area (Å²) in [7, 11) is 1.26. The summed E-state index contributed by atoms with van der Waals surface area (Å²) >= 11 is 0. The zero-order valence-corrected chi connectivity index (χ0v) is 16.7. The van der Waals surface area contributed by atoms with Gasteiger partial charge in [0.1, 0.15) is 11.9 Å². The molecule has 0 aliphatic carbocycles. The van der Waals surface area contributed by atoms with E-state index in [1.165, 1.54) is 13.2 Å². The van der Waals surface area contributed by atoms with E-state index in [9.17, 15) is 26.7 Å². The number of esters is 1. The lowest BCUT2D eigenvalue weighted by Gasteiger charge is -2.26. The number of methoxy groups -OCH3 is 1. The lowest BCUT2D eigenvalue weighted by atomic mass is 10.1. The zero-order chi connectivity index (χ0) is 23.3. The molecule has 0 radical (unpaired) electrons. The van der Waals surface area contributed by atoms with E-state index < -0.39 is 36.8 Å². The Morgan fingerprint density at radius 1 is 1.19 bits per heavy atom. The molecule has 0 unspecified atom stereocenters. The van der Waals surface area contributed by atoms with E-state index in [2.05, 4.69) is 19.2 Å². The number of aromatic nitrogens is 1. The highest BCUT2D eigenvalue weighted by Crippen LogP contribution is 2.30. The standard InChI is InChI=1S/C20H19F5N2O5/c1-29-18(28)12-2-4-13(5-3-12)27-10-16(8-14(27)11-30-19(21)22)31-17-7-6-15(9-26-17)32-20(23,24)25/h2-7,9,14,16,19H,8,10-11H2,1H3/t14-,16-/m0/s1. The average molecular weight is 462 g/mol. The highest BCUT2D eigenvalue weighted by Gasteiger charge is 2.35. The minimum Gasteiger partial charge on any atom is -0.472 e. The topological polar surface area (TPSA) is 70.1 Å². The molecule has 0 saturated carbocycles. The lowest BCUT2D eigenvalue weighted by Crippen LogP contribution is -2.34. The number of rotatable bonds is 8. The fraction of sp³-hybridized carbons (Fsp3) is 0.400. The summed E-state index contributed by atoms with van der Waals surface area (Å²) in [4.78, 5) is 17.2. The van der Waals surface area contributed by atoms with Crippen molar-refractivity contribution in [1.82, 2.24) is 4.98 Å². The first kappa shape index (κ1) is 23.5. The van der Waals surface area contributed by atoms with Crippen molar-refractivity contribution in [2.24, 2.45) is 0 Å². The summed E-state index contributed by atoms with van der Waals surface area (Å²) in [6, 6.07) is 8.19. The second-order valence-corrected chi connectivity index (χ2v) is 6.79. The summed E-state index contributed by atoms with van der Waals surface area (Å²) in [5.41, 5.74) is 0.975. The molecule has 2 heterocycles. The van der Waals surface area contributed by atoms with Gasteiger partial charge in [-0.2, -0.15) is 8.78 Å². The molecule has 1 aliphatic rings. The Balaban J connectivity index is 1.70. The van der Waals surface area contributed by atoms with Gasteiger partial charge >= 0.3 is 18.9 Å². The Bertz CT molecular complexity index is 893. The van der Waals surface area contributed by atoms with Crippen molar-refractivity contribution in [3.8, 4) is 11.6 Å². The van der Waals surface area contributed by atoms with Crippen LogP contribution in [0.3, 0.4) is 0 Å². The van der Waals surface area contributed by atoms with E-state index in [4.69, 9.17) is 4.74 Å². The molecule has 174 valence electrons. The quantitative estimate of drug-likeness (QED) is 0.433. The van der Waals surface area contributed by atoms with Crippen molar-refractivity contribution in [3.63, 3.8) is 0 Å². The summed E-state index contributed by atoms with van der Waals surface area (Å²) < 4.78 is 80.5.